The summed E-state index contributed by atoms with van der Waals surface area (Å²) in [4.78, 5) is 4.86. The van der Waals surface area contributed by atoms with Gasteiger partial charge in [0.2, 0.25) is 0 Å². The molecule has 2 rings (SSSR count). The van der Waals surface area contributed by atoms with Crippen molar-refractivity contribution in [3.8, 4) is 0 Å². The van der Waals surface area contributed by atoms with Crippen molar-refractivity contribution in [1.82, 2.24) is 15.0 Å². The van der Waals surface area contributed by atoms with Gasteiger partial charge in [-0.05, 0) is 19.1 Å². The van der Waals surface area contributed by atoms with Crippen LogP contribution in [0.2, 0.25) is 0 Å². The van der Waals surface area contributed by atoms with E-state index in [1.165, 1.54) is 5.70 Å². The van der Waals surface area contributed by atoms with Crippen LogP contribution in [0, 0.1) is 0 Å². The summed E-state index contributed by atoms with van der Waals surface area (Å²) in [7, 11) is 0. The van der Waals surface area contributed by atoms with Crippen molar-refractivity contribution >= 4 is 0 Å². The number of allylic oxidation sites excluding steroid dienone is 4. The fourth-order valence-electron chi connectivity index (χ4n) is 2.37. The number of aromatic nitrogens is 1. The second-order valence-electron chi connectivity index (χ2n) is 4.89. The molecule has 122 valence electrons. The molecule has 0 radical (unpaired) electrons. The van der Waals surface area contributed by atoms with Crippen molar-refractivity contribution in [2.45, 2.75) is 27.2 Å². The van der Waals surface area contributed by atoms with Crippen LogP contribution in [-0.4, -0.2) is 47.7 Å². The molecule has 0 N–H and O–H groups in total. The quantitative estimate of drug-likeness (QED) is 0.753. The van der Waals surface area contributed by atoms with Gasteiger partial charge in [0.25, 0.3) is 0 Å². The zero-order valence-corrected chi connectivity index (χ0v) is 14.2. The third-order valence-corrected chi connectivity index (χ3v) is 3.58. The van der Waals surface area contributed by atoms with Crippen LogP contribution in [0.25, 0.3) is 0 Å². The van der Waals surface area contributed by atoms with E-state index in [0.717, 1.165) is 44.8 Å². The second-order valence-corrected chi connectivity index (χ2v) is 4.89. The maximum Gasteiger partial charge on any atom is 0.124 e. The first-order chi connectivity index (χ1) is 10.8. The second kappa shape index (κ2) is 10.9. The molecule has 0 aromatic carbocycles. The van der Waals surface area contributed by atoms with Crippen molar-refractivity contribution in [2.75, 3.05) is 32.7 Å². The van der Waals surface area contributed by atoms with Gasteiger partial charge in [0, 0.05) is 50.9 Å². The first kappa shape index (κ1) is 18.2. The highest BCUT2D eigenvalue weighted by Crippen LogP contribution is 2.11. The molecule has 0 amide bonds. The summed E-state index contributed by atoms with van der Waals surface area (Å²) < 4.78 is 4.85. The van der Waals surface area contributed by atoms with Gasteiger partial charge in [-0.1, -0.05) is 37.7 Å². The first-order valence-electron chi connectivity index (χ1n) is 8.15. The largest absolute Gasteiger partial charge is 0.369 e. The number of nitrogens with zero attached hydrogens (tertiary/aromatic N) is 3. The van der Waals surface area contributed by atoms with Crippen molar-refractivity contribution in [1.29, 1.82) is 0 Å². The molecule has 0 unspecified atom stereocenters. The zero-order chi connectivity index (χ0) is 16.2. The van der Waals surface area contributed by atoms with E-state index in [0.29, 0.717) is 0 Å². The Balaban J connectivity index is 0.00000116. The van der Waals surface area contributed by atoms with Gasteiger partial charge in [-0.3, -0.25) is 4.90 Å². The summed E-state index contributed by atoms with van der Waals surface area (Å²) in [6.07, 6.45) is 10.8. The van der Waals surface area contributed by atoms with E-state index in [2.05, 4.69) is 33.7 Å². The zero-order valence-electron chi connectivity index (χ0n) is 14.2. The Labute approximate surface area is 134 Å². The third-order valence-electron chi connectivity index (χ3n) is 3.58. The number of rotatable bonds is 6. The molecule has 1 aliphatic heterocycles. The molecule has 4 nitrogen and oxygen atoms in total. The van der Waals surface area contributed by atoms with E-state index in [9.17, 15) is 0 Å². The molecule has 1 aromatic rings. The number of hydrogen-bond donors (Lipinski definition) is 0. The molecular formula is C18H29N3O. The van der Waals surface area contributed by atoms with Crippen LogP contribution in [0.1, 0.15) is 26.5 Å². The van der Waals surface area contributed by atoms with Gasteiger partial charge in [-0.15, -0.1) is 0 Å². The molecule has 0 atom stereocenters. The fraction of sp³-hybridized carbons (Fsp3) is 0.500. The lowest BCUT2D eigenvalue weighted by atomic mass is 10.2. The van der Waals surface area contributed by atoms with Gasteiger partial charge in [-0.2, -0.15) is 0 Å². The van der Waals surface area contributed by atoms with Crippen LogP contribution in [-0.2, 0) is 6.42 Å². The average Bonchev–Trinajstić information content (AvgIpc) is 3.10. The highest BCUT2D eigenvalue weighted by molar-refractivity contribution is 5.21. The lowest BCUT2D eigenvalue weighted by molar-refractivity contribution is 0.163. The van der Waals surface area contributed by atoms with Gasteiger partial charge in [0.05, 0.1) is 5.69 Å². The van der Waals surface area contributed by atoms with Crippen LogP contribution < -0.4 is 0 Å². The van der Waals surface area contributed by atoms with Gasteiger partial charge in [-0.25, -0.2) is 0 Å². The number of piperazine rings is 1. The molecule has 0 saturated carbocycles. The molecule has 22 heavy (non-hydrogen) atoms. The van der Waals surface area contributed by atoms with E-state index in [4.69, 9.17) is 4.52 Å². The Morgan fingerprint density at radius 2 is 2.05 bits per heavy atom. The number of hydrogen-bond acceptors (Lipinski definition) is 4. The third kappa shape index (κ3) is 5.90. The molecule has 1 saturated heterocycles. The van der Waals surface area contributed by atoms with E-state index in [-0.39, 0.29) is 0 Å². The Hall–Kier alpha value is -1.81. The standard InChI is InChI=1S/C16H23N3O.C2H6/c1-3-5-6-16(4-2)19-12-10-18(11-13-19)9-7-15-8-14-20-17-15;1-2/h3-6,8,14H,2,7,9-13H2,1H3;1-2H3/b5-3-,16-6+;. The summed E-state index contributed by atoms with van der Waals surface area (Å²) in [6, 6.07) is 1.94. The van der Waals surface area contributed by atoms with Crippen molar-refractivity contribution in [2.24, 2.45) is 0 Å². The van der Waals surface area contributed by atoms with Crippen molar-refractivity contribution in [3.63, 3.8) is 0 Å². The Bertz CT molecular complexity index is 455. The summed E-state index contributed by atoms with van der Waals surface area (Å²) >= 11 is 0. The molecule has 1 aromatic heterocycles. The van der Waals surface area contributed by atoms with E-state index >= 15 is 0 Å². The van der Waals surface area contributed by atoms with E-state index in [1.807, 2.05) is 39.0 Å². The molecule has 0 aliphatic carbocycles. The monoisotopic (exact) mass is 303 g/mol. The lowest BCUT2D eigenvalue weighted by Crippen LogP contribution is -2.46. The SMILES string of the molecule is C=C/C(=C\C=C/C)N1CCN(CCc2ccon2)CC1.CC. The summed E-state index contributed by atoms with van der Waals surface area (Å²) in [5.41, 5.74) is 2.24. The minimum Gasteiger partial charge on any atom is -0.369 e. The van der Waals surface area contributed by atoms with Crippen molar-refractivity contribution in [3.05, 3.63) is 54.6 Å². The van der Waals surface area contributed by atoms with Crippen LogP contribution in [0.3, 0.4) is 0 Å². The Kier molecular flexibility index (Phi) is 9.00. The van der Waals surface area contributed by atoms with Gasteiger partial charge >= 0.3 is 0 Å². The highest BCUT2D eigenvalue weighted by Gasteiger charge is 2.17. The molecule has 1 fully saturated rings. The molecule has 0 bridgehead atoms. The van der Waals surface area contributed by atoms with E-state index < -0.39 is 0 Å². The molecule has 0 spiro atoms. The highest BCUT2D eigenvalue weighted by atomic mass is 16.5. The maximum atomic E-state index is 4.85. The van der Waals surface area contributed by atoms with Gasteiger partial charge in [0.1, 0.15) is 6.26 Å². The molecule has 2 heterocycles. The van der Waals surface area contributed by atoms with Gasteiger partial charge < -0.3 is 9.42 Å². The average molecular weight is 303 g/mol. The van der Waals surface area contributed by atoms with Crippen LogP contribution in [0.15, 0.2) is 53.4 Å². The minimum atomic E-state index is 0.958. The minimum absolute atomic E-state index is 0.958. The van der Waals surface area contributed by atoms with Crippen LogP contribution >= 0.6 is 0 Å². The molecule has 4 heteroatoms. The van der Waals surface area contributed by atoms with E-state index in [1.54, 1.807) is 6.26 Å². The topological polar surface area (TPSA) is 32.5 Å². The fourth-order valence-corrected chi connectivity index (χ4v) is 2.37. The van der Waals surface area contributed by atoms with Crippen molar-refractivity contribution < 1.29 is 4.52 Å². The predicted molar refractivity (Wildman–Crippen MR) is 92.7 cm³/mol. The predicted octanol–water partition coefficient (Wildman–Crippen LogP) is 3.51. The summed E-state index contributed by atoms with van der Waals surface area (Å²) in [5, 5.41) is 3.95. The smallest absolute Gasteiger partial charge is 0.124 e. The lowest BCUT2D eigenvalue weighted by Gasteiger charge is -2.36. The van der Waals surface area contributed by atoms with Gasteiger partial charge in [0.15, 0.2) is 0 Å². The Morgan fingerprint density at radius 3 is 2.59 bits per heavy atom. The van der Waals surface area contributed by atoms with Crippen LogP contribution in [0.5, 0.6) is 0 Å². The Morgan fingerprint density at radius 1 is 1.32 bits per heavy atom. The molecule has 1 aliphatic rings. The summed E-state index contributed by atoms with van der Waals surface area (Å²) in [5.74, 6) is 0. The molecular weight excluding hydrogens is 274 g/mol. The maximum absolute atomic E-state index is 4.85. The summed E-state index contributed by atoms with van der Waals surface area (Å²) in [6.45, 7) is 15.2. The van der Waals surface area contributed by atoms with Crippen LogP contribution in [0.4, 0.5) is 0 Å². The first-order valence-corrected chi connectivity index (χ1v) is 8.15. The normalized spacial score (nSPS) is 16.5.